The van der Waals surface area contributed by atoms with Gasteiger partial charge in [0.2, 0.25) is 0 Å². The monoisotopic (exact) mass is 292 g/mol. The first kappa shape index (κ1) is 15.7. The molecule has 1 heterocycles. The van der Waals surface area contributed by atoms with Crippen LogP contribution < -0.4 is 5.69 Å². The molecule has 0 radical (unpaired) electrons. The van der Waals surface area contributed by atoms with Gasteiger partial charge in [-0.15, -0.1) is 0 Å². The fourth-order valence-corrected chi connectivity index (χ4v) is 3.14. The van der Waals surface area contributed by atoms with Crippen molar-refractivity contribution in [2.45, 2.75) is 59.4 Å². The Morgan fingerprint density at radius 1 is 1.43 bits per heavy atom. The number of aromatic nitrogens is 2. The van der Waals surface area contributed by atoms with E-state index in [1.807, 2.05) is 6.92 Å². The summed E-state index contributed by atoms with van der Waals surface area (Å²) in [6.45, 7) is 9.51. The summed E-state index contributed by atoms with van der Waals surface area (Å²) in [4.78, 5) is 27.6. The molecule has 5 heteroatoms. The molecule has 1 atom stereocenters. The highest BCUT2D eigenvalue weighted by Crippen LogP contribution is 2.43. The molecule has 1 aromatic heterocycles. The number of hydrogen-bond donors (Lipinski definition) is 1. The zero-order valence-electron chi connectivity index (χ0n) is 13.4. The lowest BCUT2D eigenvalue weighted by atomic mass is 9.94. The van der Waals surface area contributed by atoms with Gasteiger partial charge >= 0.3 is 11.7 Å². The van der Waals surface area contributed by atoms with Crippen LogP contribution in [0.25, 0.3) is 0 Å². The van der Waals surface area contributed by atoms with Gasteiger partial charge in [0.25, 0.3) is 0 Å². The number of aliphatic carboxylic acids is 1. The van der Waals surface area contributed by atoms with E-state index >= 15 is 0 Å². The van der Waals surface area contributed by atoms with Crippen molar-refractivity contribution in [3.05, 3.63) is 27.4 Å². The lowest BCUT2D eigenvalue weighted by Gasteiger charge is -2.31. The first-order chi connectivity index (χ1) is 9.66. The van der Waals surface area contributed by atoms with Crippen LogP contribution >= 0.6 is 0 Å². The smallest absolute Gasteiger partial charge is 0.348 e. The van der Waals surface area contributed by atoms with E-state index < -0.39 is 11.9 Å². The molecule has 0 amide bonds. The standard InChI is InChI=1S/C16H24N2O3/c1-9(14(19)20)8-13-10(2)17-15(21)18(11(13)3)16(4,5)12-6-7-12/h9,12H,6-8H2,1-5H3,(H,19,20). The molecule has 1 fully saturated rings. The van der Waals surface area contributed by atoms with Crippen LogP contribution in [0.5, 0.6) is 0 Å². The molecular weight excluding hydrogens is 268 g/mol. The number of carboxylic acids is 1. The minimum absolute atomic E-state index is 0.228. The Hall–Kier alpha value is -1.65. The highest BCUT2D eigenvalue weighted by atomic mass is 16.4. The van der Waals surface area contributed by atoms with Gasteiger partial charge in [-0.05, 0) is 58.4 Å². The number of aryl methyl sites for hydroxylation is 1. The van der Waals surface area contributed by atoms with E-state index in [1.165, 1.54) is 0 Å². The number of carbonyl (C=O) groups is 1. The Kier molecular flexibility index (Phi) is 3.95. The lowest BCUT2D eigenvalue weighted by Crippen LogP contribution is -2.42. The van der Waals surface area contributed by atoms with Crippen molar-refractivity contribution in [2.24, 2.45) is 11.8 Å². The van der Waals surface area contributed by atoms with Crippen molar-refractivity contribution in [3.63, 3.8) is 0 Å². The summed E-state index contributed by atoms with van der Waals surface area (Å²) < 4.78 is 1.77. The van der Waals surface area contributed by atoms with Crippen LogP contribution in [-0.4, -0.2) is 20.6 Å². The third-order valence-electron chi connectivity index (χ3n) is 4.75. The van der Waals surface area contributed by atoms with Gasteiger partial charge in [-0.1, -0.05) is 6.92 Å². The Bertz CT molecular complexity index is 627. The molecule has 2 rings (SSSR count). The lowest BCUT2D eigenvalue weighted by molar-refractivity contribution is -0.141. The first-order valence-electron chi connectivity index (χ1n) is 7.48. The molecule has 21 heavy (non-hydrogen) atoms. The molecule has 5 nitrogen and oxygen atoms in total. The Balaban J connectivity index is 2.52. The summed E-state index contributed by atoms with van der Waals surface area (Å²) in [5.41, 5.74) is 1.90. The van der Waals surface area contributed by atoms with Crippen LogP contribution in [0.3, 0.4) is 0 Å². The van der Waals surface area contributed by atoms with Crippen molar-refractivity contribution < 1.29 is 9.90 Å². The summed E-state index contributed by atoms with van der Waals surface area (Å²) >= 11 is 0. The zero-order valence-corrected chi connectivity index (χ0v) is 13.4. The summed E-state index contributed by atoms with van der Waals surface area (Å²) in [7, 11) is 0. The molecule has 0 spiro atoms. The molecular formula is C16H24N2O3. The van der Waals surface area contributed by atoms with Crippen LogP contribution in [0, 0.1) is 25.7 Å². The molecule has 0 aromatic carbocycles. The number of carboxylic acid groups (broad SMARTS) is 1. The molecule has 0 saturated heterocycles. The van der Waals surface area contributed by atoms with Gasteiger partial charge in [0.05, 0.1) is 5.92 Å². The topological polar surface area (TPSA) is 72.2 Å². The molecule has 1 aliphatic carbocycles. The maximum Gasteiger partial charge on any atom is 0.348 e. The molecule has 1 saturated carbocycles. The third kappa shape index (κ3) is 2.87. The maximum atomic E-state index is 12.3. The quantitative estimate of drug-likeness (QED) is 0.903. The highest BCUT2D eigenvalue weighted by Gasteiger charge is 2.41. The van der Waals surface area contributed by atoms with Gasteiger partial charge in [0.1, 0.15) is 0 Å². The molecule has 0 bridgehead atoms. The Labute approximate surface area is 125 Å². The van der Waals surface area contributed by atoms with Crippen molar-refractivity contribution >= 4 is 5.97 Å². The van der Waals surface area contributed by atoms with Gasteiger partial charge in [-0.25, -0.2) is 4.79 Å². The average molecular weight is 292 g/mol. The second kappa shape index (κ2) is 5.28. The molecule has 0 aliphatic heterocycles. The number of rotatable bonds is 5. The maximum absolute atomic E-state index is 12.3. The predicted molar refractivity (Wildman–Crippen MR) is 80.5 cm³/mol. The second-order valence-corrected chi connectivity index (χ2v) is 6.75. The van der Waals surface area contributed by atoms with E-state index in [0.717, 1.165) is 24.1 Å². The molecule has 1 aromatic rings. The minimum atomic E-state index is -0.826. The van der Waals surface area contributed by atoms with Gasteiger partial charge in [0.15, 0.2) is 0 Å². The van der Waals surface area contributed by atoms with Crippen molar-refractivity contribution in [3.8, 4) is 0 Å². The number of nitrogens with zero attached hydrogens (tertiary/aromatic N) is 2. The van der Waals surface area contributed by atoms with Gasteiger partial charge in [0, 0.05) is 16.9 Å². The van der Waals surface area contributed by atoms with Crippen LogP contribution in [0.15, 0.2) is 4.79 Å². The minimum Gasteiger partial charge on any atom is -0.481 e. The first-order valence-corrected chi connectivity index (χ1v) is 7.48. The van der Waals surface area contributed by atoms with E-state index in [2.05, 4.69) is 18.8 Å². The summed E-state index contributed by atoms with van der Waals surface area (Å²) in [5.74, 6) is -0.810. The Morgan fingerprint density at radius 3 is 2.48 bits per heavy atom. The Morgan fingerprint density at radius 2 is 2.00 bits per heavy atom. The molecule has 1 aliphatic rings. The molecule has 1 N–H and O–H groups in total. The van der Waals surface area contributed by atoms with Crippen LogP contribution in [0.1, 0.15) is 50.6 Å². The molecule has 1 unspecified atom stereocenters. The predicted octanol–water partition coefficient (Wildman–Crippen LogP) is 2.27. The third-order valence-corrected chi connectivity index (χ3v) is 4.75. The average Bonchev–Trinajstić information content (AvgIpc) is 3.17. The highest BCUT2D eigenvalue weighted by molar-refractivity contribution is 5.70. The van der Waals surface area contributed by atoms with Gasteiger partial charge in [-0.3, -0.25) is 9.36 Å². The number of hydrogen-bond acceptors (Lipinski definition) is 3. The zero-order chi connectivity index (χ0) is 15.9. The van der Waals surface area contributed by atoms with Crippen molar-refractivity contribution in [1.29, 1.82) is 0 Å². The van der Waals surface area contributed by atoms with E-state index in [4.69, 9.17) is 5.11 Å². The largest absolute Gasteiger partial charge is 0.481 e. The SMILES string of the molecule is Cc1nc(=O)n(C(C)(C)C2CC2)c(C)c1CC(C)C(=O)O. The fourth-order valence-electron chi connectivity index (χ4n) is 3.14. The van der Waals surface area contributed by atoms with Crippen LogP contribution in [0.4, 0.5) is 0 Å². The normalized spacial score (nSPS) is 16.8. The van der Waals surface area contributed by atoms with E-state index in [1.54, 1.807) is 18.4 Å². The van der Waals surface area contributed by atoms with Crippen molar-refractivity contribution in [1.82, 2.24) is 9.55 Å². The van der Waals surface area contributed by atoms with Crippen molar-refractivity contribution in [2.75, 3.05) is 0 Å². The summed E-state index contributed by atoms with van der Waals surface area (Å²) in [6.07, 6.45) is 2.67. The van der Waals surface area contributed by atoms with E-state index in [0.29, 0.717) is 18.0 Å². The van der Waals surface area contributed by atoms with E-state index in [-0.39, 0.29) is 11.2 Å². The van der Waals surface area contributed by atoms with E-state index in [9.17, 15) is 9.59 Å². The fraction of sp³-hybridized carbons (Fsp3) is 0.688. The second-order valence-electron chi connectivity index (χ2n) is 6.75. The summed E-state index contributed by atoms with van der Waals surface area (Å²) in [5, 5.41) is 9.12. The van der Waals surface area contributed by atoms with Crippen LogP contribution in [0.2, 0.25) is 0 Å². The molecule has 116 valence electrons. The summed E-state index contributed by atoms with van der Waals surface area (Å²) in [6, 6.07) is 0. The van der Waals surface area contributed by atoms with Gasteiger partial charge < -0.3 is 5.11 Å². The van der Waals surface area contributed by atoms with Gasteiger partial charge in [-0.2, -0.15) is 4.98 Å². The van der Waals surface area contributed by atoms with Crippen LogP contribution in [-0.2, 0) is 16.8 Å².